The maximum Gasteiger partial charge on any atom is 0.223 e. The number of fused-ring (bicyclic) bond motifs is 3. The number of benzene rings is 2. The molecule has 6 rings (SSSR count). The summed E-state index contributed by atoms with van der Waals surface area (Å²) in [4.78, 5) is 20.9. The van der Waals surface area contributed by atoms with Crippen molar-refractivity contribution in [3.05, 3.63) is 42.6 Å². The first kappa shape index (κ1) is 27.7. The zero-order valence-electron chi connectivity index (χ0n) is 22.6. The summed E-state index contributed by atoms with van der Waals surface area (Å²) in [5.41, 5.74) is 13.7. The zero-order chi connectivity index (χ0) is 29.6. The van der Waals surface area contributed by atoms with Gasteiger partial charge < -0.3 is 41.0 Å². The Morgan fingerprint density at radius 1 is 1.05 bits per heavy atom. The van der Waals surface area contributed by atoms with Crippen molar-refractivity contribution in [2.24, 2.45) is 0 Å². The van der Waals surface area contributed by atoms with Crippen LogP contribution in [0.4, 0.5) is 22.6 Å². The summed E-state index contributed by atoms with van der Waals surface area (Å²) < 4.78 is 37.0. The Labute approximate surface area is 250 Å². The van der Waals surface area contributed by atoms with E-state index in [1.807, 2.05) is 17.0 Å². The van der Waals surface area contributed by atoms with E-state index in [0.717, 1.165) is 27.6 Å². The molecule has 0 bridgehead atoms. The number of methoxy groups -OCH3 is 2. The Balaban J connectivity index is 1.18. The smallest absolute Gasteiger partial charge is 0.223 e. The highest BCUT2D eigenvalue weighted by atomic mass is 32.2. The molecule has 0 unspecified atom stereocenters. The predicted octanol–water partition coefficient (Wildman–Crippen LogP) is 3.10. The van der Waals surface area contributed by atoms with Crippen molar-refractivity contribution in [3.8, 4) is 11.5 Å². The minimum Gasteiger partial charge on any atom is -0.493 e. The van der Waals surface area contributed by atoms with E-state index in [9.17, 15) is 8.42 Å². The van der Waals surface area contributed by atoms with Crippen LogP contribution in [0.1, 0.15) is 0 Å². The van der Waals surface area contributed by atoms with E-state index < -0.39 is 9.84 Å². The van der Waals surface area contributed by atoms with Gasteiger partial charge in [0.25, 0.3) is 0 Å². The standard InChI is InChI=1S/C26H27N9O4S3/c1-38-18-11-16-17(12-19(18)39-2)30-22-21(16)23(32-24(28)31-22)34-7-9-35(10-8-34)26(40)33-25-29-13-20(41-25)42(36,37)15-5-3-14(27)4-6-15/h3-6,11-13H,7-10,27H2,1-2H3,(H,29,33,40)(H3,28,30,31,32). The molecular weight excluding hydrogens is 599 g/mol. The van der Waals surface area contributed by atoms with Crippen molar-refractivity contribution in [2.45, 2.75) is 9.10 Å². The fourth-order valence-corrected chi connectivity index (χ4v) is 7.62. The number of piperazine rings is 1. The number of hydrogen-bond donors (Lipinski definition) is 4. The van der Waals surface area contributed by atoms with Gasteiger partial charge in [-0.25, -0.2) is 13.4 Å². The third-order valence-electron chi connectivity index (χ3n) is 6.97. The first-order valence-corrected chi connectivity index (χ1v) is 15.5. The number of nitrogens with zero attached hydrogens (tertiary/aromatic N) is 5. The van der Waals surface area contributed by atoms with Crippen LogP contribution in [0.25, 0.3) is 21.9 Å². The van der Waals surface area contributed by atoms with E-state index in [1.165, 1.54) is 18.3 Å². The second kappa shape index (κ2) is 10.8. The molecule has 6 N–H and O–H groups in total. The summed E-state index contributed by atoms with van der Waals surface area (Å²) in [5.74, 6) is 2.08. The van der Waals surface area contributed by atoms with E-state index >= 15 is 0 Å². The average Bonchev–Trinajstić information content (AvgIpc) is 3.60. The van der Waals surface area contributed by atoms with E-state index in [1.54, 1.807) is 26.4 Å². The first-order chi connectivity index (χ1) is 20.2. The molecule has 1 aliphatic heterocycles. The van der Waals surface area contributed by atoms with E-state index in [-0.39, 0.29) is 15.1 Å². The van der Waals surface area contributed by atoms with Crippen LogP contribution < -0.4 is 31.2 Å². The molecule has 0 spiro atoms. The number of anilines is 4. The number of thiazole rings is 1. The molecule has 5 aromatic rings. The number of thiocarbonyl (C=S) groups is 1. The highest BCUT2D eigenvalue weighted by Gasteiger charge is 2.26. The zero-order valence-corrected chi connectivity index (χ0v) is 25.1. The highest BCUT2D eigenvalue weighted by molar-refractivity contribution is 7.93. The van der Waals surface area contributed by atoms with Gasteiger partial charge >= 0.3 is 0 Å². The van der Waals surface area contributed by atoms with E-state index in [2.05, 4.69) is 30.2 Å². The largest absolute Gasteiger partial charge is 0.493 e. The second-order valence-corrected chi connectivity index (χ2v) is 13.1. The Morgan fingerprint density at radius 3 is 2.43 bits per heavy atom. The molecule has 1 saturated heterocycles. The summed E-state index contributed by atoms with van der Waals surface area (Å²) in [7, 11) is -0.536. The molecule has 16 heteroatoms. The summed E-state index contributed by atoms with van der Waals surface area (Å²) in [6, 6.07) is 9.82. The van der Waals surface area contributed by atoms with Crippen molar-refractivity contribution in [1.82, 2.24) is 24.8 Å². The number of hydrogen-bond acceptors (Lipinski definition) is 12. The molecule has 0 atom stereocenters. The maximum absolute atomic E-state index is 13.0. The molecule has 2 aromatic carbocycles. The van der Waals surface area contributed by atoms with Gasteiger partial charge in [0.1, 0.15) is 15.7 Å². The molecule has 3 aromatic heterocycles. The van der Waals surface area contributed by atoms with Crippen molar-refractivity contribution in [1.29, 1.82) is 0 Å². The topological polar surface area (TPSA) is 178 Å². The van der Waals surface area contributed by atoms with Crippen LogP contribution in [0, 0.1) is 0 Å². The van der Waals surface area contributed by atoms with Gasteiger partial charge in [-0.05, 0) is 42.5 Å². The minimum absolute atomic E-state index is 0.112. The van der Waals surface area contributed by atoms with Crippen molar-refractivity contribution in [3.63, 3.8) is 0 Å². The lowest BCUT2D eigenvalue weighted by Gasteiger charge is -2.36. The molecule has 1 aliphatic rings. The Hall–Kier alpha value is -4.41. The second-order valence-electron chi connectivity index (χ2n) is 9.47. The van der Waals surface area contributed by atoms with Crippen LogP contribution in [0.2, 0.25) is 0 Å². The molecule has 1 fully saturated rings. The fraction of sp³-hybridized carbons (Fsp3) is 0.231. The Morgan fingerprint density at radius 2 is 1.74 bits per heavy atom. The summed E-state index contributed by atoms with van der Waals surface area (Å²) in [6.45, 7) is 2.42. The monoisotopic (exact) mass is 625 g/mol. The normalized spacial score (nSPS) is 14.0. The van der Waals surface area contributed by atoms with Gasteiger partial charge in [-0.15, -0.1) is 0 Å². The summed E-state index contributed by atoms with van der Waals surface area (Å²) >= 11 is 6.66. The van der Waals surface area contributed by atoms with Crippen molar-refractivity contribution < 1.29 is 17.9 Å². The van der Waals surface area contributed by atoms with E-state index in [4.69, 9.17) is 33.2 Å². The van der Waals surface area contributed by atoms with Gasteiger partial charge in [0, 0.05) is 43.3 Å². The van der Waals surface area contributed by atoms with Crippen molar-refractivity contribution in [2.75, 3.05) is 62.1 Å². The van der Waals surface area contributed by atoms with Gasteiger partial charge in [0.05, 0.1) is 36.2 Å². The number of H-pyrrole nitrogens is 1. The third kappa shape index (κ3) is 4.97. The molecule has 0 radical (unpaired) electrons. The number of nitrogens with two attached hydrogens (primary N) is 2. The lowest BCUT2D eigenvalue weighted by Crippen LogP contribution is -2.50. The van der Waals surface area contributed by atoms with Crippen LogP contribution in [0.5, 0.6) is 11.5 Å². The molecule has 13 nitrogen and oxygen atoms in total. The third-order valence-corrected chi connectivity index (χ3v) is 10.5. The van der Waals surface area contributed by atoms with Crippen LogP contribution in [0.3, 0.4) is 0 Å². The SMILES string of the molecule is COc1cc2[nH]c3nc(N)nc(N4CCN(C(=S)Nc5ncc(S(=O)(=O)c6ccc(N)cc6)s5)CC4)c3c2cc1OC. The lowest BCUT2D eigenvalue weighted by atomic mass is 10.1. The number of aromatic amines is 1. The Bertz CT molecular complexity index is 1920. The fourth-order valence-electron chi connectivity index (χ4n) is 4.85. The summed E-state index contributed by atoms with van der Waals surface area (Å²) in [6.07, 6.45) is 1.33. The quantitative estimate of drug-likeness (QED) is 0.160. The van der Waals surface area contributed by atoms with Crippen molar-refractivity contribution >= 4 is 83.0 Å². The predicted molar refractivity (Wildman–Crippen MR) is 167 cm³/mol. The number of nitrogens with one attached hydrogen (secondary N) is 2. The Kier molecular flexibility index (Phi) is 7.12. The van der Waals surface area contributed by atoms with Crippen LogP contribution in [0.15, 0.2) is 51.7 Å². The highest BCUT2D eigenvalue weighted by Crippen LogP contribution is 2.39. The first-order valence-electron chi connectivity index (χ1n) is 12.8. The van der Waals surface area contributed by atoms with Gasteiger partial charge in [0.2, 0.25) is 15.8 Å². The molecule has 4 heterocycles. The lowest BCUT2D eigenvalue weighted by molar-refractivity contribution is 0.356. The molecular formula is C26H27N9O4S3. The molecule has 0 saturated carbocycles. The van der Waals surface area contributed by atoms with Gasteiger partial charge in [0.15, 0.2) is 21.7 Å². The maximum atomic E-state index is 13.0. The molecule has 0 amide bonds. The summed E-state index contributed by atoms with van der Waals surface area (Å²) in [5, 5.41) is 5.67. The van der Waals surface area contributed by atoms with Crippen LogP contribution in [-0.2, 0) is 9.84 Å². The van der Waals surface area contributed by atoms with Crippen LogP contribution in [-0.4, -0.2) is 78.8 Å². The average molecular weight is 626 g/mol. The van der Waals surface area contributed by atoms with Gasteiger partial charge in [-0.3, -0.25) is 0 Å². The number of nitrogen functional groups attached to an aromatic ring is 2. The number of rotatable bonds is 6. The molecule has 0 aliphatic carbocycles. The molecule has 42 heavy (non-hydrogen) atoms. The van der Waals surface area contributed by atoms with Crippen LogP contribution >= 0.6 is 23.6 Å². The van der Waals surface area contributed by atoms with E-state index in [0.29, 0.717) is 65.1 Å². The minimum atomic E-state index is -3.72. The molecule has 218 valence electrons. The number of ether oxygens (including phenoxy) is 2. The number of aromatic nitrogens is 4. The van der Waals surface area contributed by atoms with Gasteiger partial charge in [-0.2, -0.15) is 9.97 Å². The van der Waals surface area contributed by atoms with Gasteiger partial charge in [-0.1, -0.05) is 11.3 Å². The number of sulfone groups is 1.